The van der Waals surface area contributed by atoms with Crippen molar-refractivity contribution in [3.05, 3.63) is 59.8 Å². The largest absolute Gasteiger partial charge is 0.478 e. The van der Waals surface area contributed by atoms with E-state index in [-0.39, 0.29) is 0 Å². The predicted octanol–water partition coefficient (Wildman–Crippen LogP) is 3.05. The van der Waals surface area contributed by atoms with Crippen molar-refractivity contribution in [2.24, 2.45) is 4.99 Å². The molecule has 5 heteroatoms. The highest BCUT2D eigenvalue weighted by Crippen LogP contribution is 2.27. The molecule has 132 valence electrons. The van der Waals surface area contributed by atoms with E-state index in [1.807, 2.05) is 26.1 Å². The highest BCUT2D eigenvalue weighted by molar-refractivity contribution is 5.80. The van der Waals surface area contributed by atoms with Crippen LogP contribution in [0.3, 0.4) is 0 Å². The summed E-state index contributed by atoms with van der Waals surface area (Å²) >= 11 is 0. The molecule has 0 bridgehead atoms. The first kappa shape index (κ1) is 17.3. The predicted molar refractivity (Wildman–Crippen MR) is 101 cm³/mol. The Balaban J connectivity index is 1.61. The number of aliphatic imine (C=N–C) groups is 1. The number of aromatic nitrogens is 1. The van der Waals surface area contributed by atoms with Crippen LogP contribution < -0.4 is 10.1 Å². The molecule has 1 saturated heterocycles. The normalized spacial score (nSPS) is 17.6. The highest BCUT2D eigenvalue weighted by atomic mass is 16.5. The van der Waals surface area contributed by atoms with Crippen LogP contribution in [-0.2, 0) is 6.54 Å². The number of benzene rings is 1. The Morgan fingerprint density at radius 3 is 2.88 bits per heavy atom. The fourth-order valence-electron chi connectivity index (χ4n) is 3.28. The van der Waals surface area contributed by atoms with Gasteiger partial charge in [0.25, 0.3) is 0 Å². The Morgan fingerprint density at radius 1 is 1.28 bits per heavy atom. The second-order valence-electron chi connectivity index (χ2n) is 6.14. The Morgan fingerprint density at radius 2 is 2.12 bits per heavy atom. The average molecular weight is 338 g/mol. The summed E-state index contributed by atoms with van der Waals surface area (Å²) < 4.78 is 5.60. The number of hydrogen-bond acceptors (Lipinski definition) is 3. The SMILES string of the molecule is CCOc1ncccc1CNC(=NC)N1CCC(c2ccccc2)C1. The van der Waals surface area contributed by atoms with Crippen LogP contribution in [0.2, 0.25) is 0 Å². The van der Waals surface area contributed by atoms with E-state index in [1.54, 1.807) is 6.20 Å². The fourth-order valence-corrected chi connectivity index (χ4v) is 3.28. The first-order valence-electron chi connectivity index (χ1n) is 8.89. The molecule has 1 fully saturated rings. The van der Waals surface area contributed by atoms with Crippen LogP contribution in [0.15, 0.2) is 53.7 Å². The molecule has 0 saturated carbocycles. The molecule has 1 aromatic heterocycles. The Labute approximate surface area is 149 Å². The van der Waals surface area contributed by atoms with Gasteiger partial charge in [-0.15, -0.1) is 0 Å². The molecule has 0 radical (unpaired) electrons. The number of nitrogens with zero attached hydrogens (tertiary/aromatic N) is 3. The second kappa shape index (κ2) is 8.51. The van der Waals surface area contributed by atoms with Gasteiger partial charge in [0.1, 0.15) is 0 Å². The Hall–Kier alpha value is -2.56. The molecule has 25 heavy (non-hydrogen) atoms. The van der Waals surface area contributed by atoms with Crippen LogP contribution in [0, 0.1) is 0 Å². The summed E-state index contributed by atoms with van der Waals surface area (Å²) in [6.45, 7) is 5.25. The molecule has 0 spiro atoms. The number of nitrogens with one attached hydrogen (secondary N) is 1. The molecule has 5 nitrogen and oxygen atoms in total. The monoisotopic (exact) mass is 338 g/mol. The summed E-state index contributed by atoms with van der Waals surface area (Å²) in [4.78, 5) is 11.1. The summed E-state index contributed by atoms with van der Waals surface area (Å²) in [7, 11) is 1.84. The zero-order valence-corrected chi connectivity index (χ0v) is 15.0. The highest BCUT2D eigenvalue weighted by Gasteiger charge is 2.25. The summed E-state index contributed by atoms with van der Waals surface area (Å²) in [6, 6.07) is 14.7. The number of rotatable bonds is 5. The van der Waals surface area contributed by atoms with Crippen molar-refractivity contribution in [2.75, 3.05) is 26.7 Å². The molecule has 1 aliphatic rings. The zero-order chi connectivity index (χ0) is 17.5. The lowest BCUT2D eigenvalue weighted by Gasteiger charge is -2.22. The maximum absolute atomic E-state index is 5.60. The standard InChI is InChI=1S/C20H26N4O/c1-3-25-19-17(10-7-12-22-19)14-23-20(21-2)24-13-11-18(15-24)16-8-5-4-6-9-16/h4-10,12,18H,3,11,13-15H2,1-2H3,(H,21,23). The minimum absolute atomic E-state index is 0.567. The summed E-state index contributed by atoms with van der Waals surface area (Å²) in [5, 5.41) is 3.45. The van der Waals surface area contributed by atoms with E-state index in [0.29, 0.717) is 24.9 Å². The van der Waals surface area contributed by atoms with Crippen molar-refractivity contribution in [1.82, 2.24) is 15.2 Å². The van der Waals surface area contributed by atoms with Crippen LogP contribution >= 0.6 is 0 Å². The number of pyridine rings is 1. The molecular formula is C20H26N4O. The van der Waals surface area contributed by atoms with Gasteiger partial charge in [0.15, 0.2) is 5.96 Å². The van der Waals surface area contributed by atoms with Gasteiger partial charge in [-0.1, -0.05) is 36.4 Å². The van der Waals surface area contributed by atoms with Gasteiger partial charge >= 0.3 is 0 Å². The van der Waals surface area contributed by atoms with Crippen LogP contribution in [0.25, 0.3) is 0 Å². The van der Waals surface area contributed by atoms with Crippen molar-refractivity contribution < 1.29 is 4.74 Å². The van der Waals surface area contributed by atoms with Crippen molar-refractivity contribution >= 4 is 5.96 Å². The van der Waals surface area contributed by atoms with Crippen LogP contribution in [0.4, 0.5) is 0 Å². The summed E-state index contributed by atoms with van der Waals surface area (Å²) in [5.41, 5.74) is 2.45. The molecular weight excluding hydrogens is 312 g/mol. The number of guanidine groups is 1. The van der Waals surface area contributed by atoms with E-state index in [9.17, 15) is 0 Å². The lowest BCUT2D eigenvalue weighted by atomic mass is 9.99. The molecule has 2 aromatic rings. The smallest absolute Gasteiger partial charge is 0.218 e. The molecule has 1 aliphatic heterocycles. The van der Waals surface area contributed by atoms with Crippen LogP contribution in [0.5, 0.6) is 5.88 Å². The minimum Gasteiger partial charge on any atom is -0.478 e. The van der Waals surface area contributed by atoms with Gasteiger partial charge in [-0.2, -0.15) is 0 Å². The van der Waals surface area contributed by atoms with Crippen molar-refractivity contribution in [3.63, 3.8) is 0 Å². The number of ether oxygens (including phenoxy) is 1. The van der Waals surface area contributed by atoms with E-state index in [4.69, 9.17) is 4.74 Å². The average Bonchev–Trinajstić information content (AvgIpc) is 3.14. The van der Waals surface area contributed by atoms with Gasteiger partial charge in [-0.05, 0) is 25.0 Å². The lowest BCUT2D eigenvalue weighted by molar-refractivity contribution is 0.322. The van der Waals surface area contributed by atoms with Crippen molar-refractivity contribution in [1.29, 1.82) is 0 Å². The molecule has 1 aromatic carbocycles. The molecule has 1 atom stereocenters. The van der Waals surface area contributed by atoms with Gasteiger partial charge in [0.2, 0.25) is 5.88 Å². The van der Waals surface area contributed by atoms with Gasteiger partial charge in [0, 0.05) is 44.4 Å². The third-order valence-electron chi connectivity index (χ3n) is 4.54. The minimum atomic E-state index is 0.567. The fraction of sp³-hybridized carbons (Fsp3) is 0.400. The summed E-state index contributed by atoms with van der Waals surface area (Å²) in [5.74, 6) is 2.19. The number of hydrogen-bond donors (Lipinski definition) is 1. The van der Waals surface area contributed by atoms with Crippen LogP contribution in [0.1, 0.15) is 30.4 Å². The van der Waals surface area contributed by atoms with E-state index >= 15 is 0 Å². The lowest BCUT2D eigenvalue weighted by Crippen LogP contribution is -2.39. The maximum Gasteiger partial charge on any atom is 0.218 e. The third kappa shape index (κ3) is 4.29. The maximum atomic E-state index is 5.60. The Bertz CT molecular complexity index is 702. The van der Waals surface area contributed by atoms with Gasteiger partial charge in [-0.3, -0.25) is 4.99 Å². The van der Waals surface area contributed by atoms with E-state index in [2.05, 4.69) is 50.5 Å². The van der Waals surface area contributed by atoms with Gasteiger partial charge in [-0.25, -0.2) is 4.98 Å². The van der Waals surface area contributed by atoms with E-state index < -0.39 is 0 Å². The van der Waals surface area contributed by atoms with Crippen molar-refractivity contribution in [2.45, 2.75) is 25.8 Å². The third-order valence-corrected chi connectivity index (χ3v) is 4.54. The van der Waals surface area contributed by atoms with Gasteiger partial charge < -0.3 is 15.0 Å². The molecule has 0 amide bonds. The molecule has 0 aliphatic carbocycles. The molecule has 2 heterocycles. The summed E-state index contributed by atoms with van der Waals surface area (Å²) in [6.07, 6.45) is 2.91. The first-order valence-corrected chi connectivity index (χ1v) is 8.89. The quantitative estimate of drug-likeness (QED) is 0.672. The topological polar surface area (TPSA) is 49.8 Å². The van der Waals surface area contributed by atoms with Gasteiger partial charge in [0.05, 0.1) is 6.61 Å². The van der Waals surface area contributed by atoms with Crippen LogP contribution in [-0.4, -0.2) is 42.6 Å². The van der Waals surface area contributed by atoms with Crippen molar-refractivity contribution in [3.8, 4) is 5.88 Å². The number of likely N-dealkylation sites (tertiary alicyclic amines) is 1. The molecule has 1 N–H and O–H groups in total. The molecule has 1 unspecified atom stereocenters. The molecule has 3 rings (SSSR count). The van der Waals surface area contributed by atoms with E-state index in [1.165, 1.54) is 5.56 Å². The Kier molecular flexibility index (Phi) is 5.88. The zero-order valence-electron chi connectivity index (χ0n) is 15.0. The first-order chi connectivity index (χ1) is 12.3. The van der Waals surface area contributed by atoms with E-state index in [0.717, 1.165) is 31.0 Å². The second-order valence-corrected chi connectivity index (χ2v) is 6.14.